The number of anilines is 1. The molecule has 2 fully saturated rings. The van der Waals surface area contributed by atoms with E-state index < -0.39 is 5.54 Å². The van der Waals surface area contributed by atoms with Gasteiger partial charge >= 0.3 is 6.03 Å². The van der Waals surface area contributed by atoms with E-state index in [1.807, 2.05) is 23.6 Å². The zero-order valence-corrected chi connectivity index (χ0v) is 22.7. The average Bonchev–Trinajstić information content (AvgIpc) is 3.39. The number of pyridine rings is 1. The molecule has 2 saturated heterocycles. The van der Waals surface area contributed by atoms with E-state index in [9.17, 15) is 9.59 Å². The van der Waals surface area contributed by atoms with Crippen molar-refractivity contribution in [2.24, 2.45) is 5.92 Å². The van der Waals surface area contributed by atoms with Crippen molar-refractivity contribution < 1.29 is 14.3 Å². The molecule has 5 heterocycles. The Balaban J connectivity index is 1.26. The zero-order chi connectivity index (χ0) is 26.3. The van der Waals surface area contributed by atoms with Gasteiger partial charge in [0.15, 0.2) is 5.82 Å². The van der Waals surface area contributed by atoms with Gasteiger partial charge in [0.25, 0.3) is 5.91 Å². The van der Waals surface area contributed by atoms with Crippen molar-refractivity contribution in [2.75, 3.05) is 38.2 Å². The van der Waals surface area contributed by atoms with Gasteiger partial charge in [-0.1, -0.05) is 11.6 Å². The van der Waals surface area contributed by atoms with Crippen LogP contribution in [0.3, 0.4) is 0 Å². The number of hydrogen-bond donors (Lipinski definition) is 2. The second-order valence-electron chi connectivity index (χ2n) is 11.0. The Morgan fingerprint density at radius 1 is 1.19 bits per heavy atom. The molecule has 3 aliphatic heterocycles. The number of fused-ring (bicyclic) bond motifs is 1. The van der Waals surface area contributed by atoms with Crippen LogP contribution in [-0.4, -0.2) is 86.8 Å². The number of ether oxygens (including phenoxy) is 1. The Morgan fingerprint density at radius 3 is 2.65 bits per heavy atom. The zero-order valence-electron chi connectivity index (χ0n) is 22.0. The summed E-state index contributed by atoms with van der Waals surface area (Å²) in [7, 11) is 0. The molecule has 2 atom stereocenters. The largest absolute Gasteiger partial charge is 0.381 e. The van der Waals surface area contributed by atoms with Crippen LogP contribution >= 0.6 is 11.6 Å². The highest BCUT2D eigenvalue weighted by atomic mass is 35.5. The number of halogens is 1. The van der Waals surface area contributed by atoms with Gasteiger partial charge in [0.1, 0.15) is 5.69 Å². The Kier molecular flexibility index (Phi) is 7.17. The second kappa shape index (κ2) is 10.2. The summed E-state index contributed by atoms with van der Waals surface area (Å²) in [5.74, 6) is 0.705. The summed E-state index contributed by atoms with van der Waals surface area (Å²) in [6.07, 6.45) is 3.66. The van der Waals surface area contributed by atoms with E-state index in [2.05, 4.69) is 39.2 Å². The molecule has 5 rings (SSSR count). The monoisotopic (exact) mass is 529 g/mol. The van der Waals surface area contributed by atoms with E-state index in [-0.39, 0.29) is 29.7 Å². The highest BCUT2D eigenvalue weighted by Crippen LogP contribution is 2.41. The number of piperazine rings is 1. The third-order valence-corrected chi connectivity index (χ3v) is 8.31. The first-order chi connectivity index (χ1) is 17.6. The van der Waals surface area contributed by atoms with Gasteiger partial charge in [-0.05, 0) is 58.6 Å². The third-order valence-electron chi connectivity index (χ3n) is 8.09. The van der Waals surface area contributed by atoms with Crippen LogP contribution in [0.1, 0.15) is 62.3 Å². The summed E-state index contributed by atoms with van der Waals surface area (Å²) in [6, 6.07) is 3.58. The van der Waals surface area contributed by atoms with Crippen LogP contribution in [0.15, 0.2) is 18.3 Å². The molecule has 10 nitrogen and oxygen atoms in total. The quantitative estimate of drug-likeness (QED) is 0.625. The number of urea groups is 1. The van der Waals surface area contributed by atoms with Gasteiger partial charge in [-0.15, -0.1) is 0 Å². The highest BCUT2D eigenvalue weighted by molar-refractivity contribution is 6.30. The van der Waals surface area contributed by atoms with E-state index in [0.717, 1.165) is 50.4 Å². The van der Waals surface area contributed by atoms with Crippen molar-refractivity contribution in [3.8, 4) is 0 Å². The van der Waals surface area contributed by atoms with Crippen molar-refractivity contribution in [1.29, 1.82) is 0 Å². The number of hydrogen-bond acceptors (Lipinski definition) is 6. The lowest BCUT2D eigenvalue weighted by molar-refractivity contribution is 0.00882. The maximum Gasteiger partial charge on any atom is 0.321 e. The van der Waals surface area contributed by atoms with Gasteiger partial charge in [-0.2, -0.15) is 5.10 Å². The van der Waals surface area contributed by atoms with Crippen molar-refractivity contribution >= 4 is 29.4 Å². The van der Waals surface area contributed by atoms with Gasteiger partial charge in [0.2, 0.25) is 0 Å². The second-order valence-corrected chi connectivity index (χ2v) is 11.5. The average molecular weight is 530 g/mol. The highest BCUT2D eigenvalue weighted by Gasteiger charge is 2.47. The van der Waals surface area contributed by atoms with Crippen LogP contribution in [-0.2, 0) is 16.8 Å². The number of nitrogens with zero attached hydrogens (tertiary/aromatic N) is 5. The van der Waals surface area contributed by atoms with Crippen molar-refractivity contribution in [1.82, 2.24) is 29.9 Å². The molecular formula is C26H36ClN7O3. The van der Waals surface area contributed by atoms with E-state index in [1.54, 1.807) is 12.1 Å². The lowest BCUT2D eigenvalue weighted by Gasteiger charge is -2.47. The summed E-state index contributed by atoms with van der Waals surface area (Å²) in [5, 5.41) is 10.7. The van der Waals surface area contributed by atoms with Crippen LogP contribution < -0.4 is 5.32 Å². The van der Waals surface area contributed by atoms with Crippen LogP contribution in [0.5, 0.6) is 0 Å². The first kappa shape index (κ1) is 25.9. The van der Waals surface area contributed by atoms with Gasteiger partial charge in [-0.25, -0.2) is 9.78 Å². The molecule has 200 valence electrons. The molecule has 11 heteroatoms. The maximum atomic E-state index is 13.9. The molecule has 2 N–H and O–H groups in total. The summed E-state index contributed by atoms with van der Waals surface area (Å²) in [6.45, 7) is 13.1. The fourth-order valence-corrected chi connectivity index (χ4v) is 5.85. The number of aromatic nitrogens is 3. The molecule has 0 aromatic carbocycles. The van der Waals surface area contributed by atoms with E-state index >= 15 is 0 Å². The molecule has 3 aliphatic rings. The molecule has 0 aliphatic carbocycles. The normalized spacial score (nSPS) is 24.2. The van der Waals surface area contributed by atoms with Crippen molar-refractivity contribution in [3.63, 3.8) is 0 Å². The van der Waals surface area contributed by atoms with E-state index in [0.29, 0.717) is 29.8 Å². The van der Waals surface area contributed by atoms with Gasteiger partial charge < -0.3 is 19.9 Å². The van der Waals surface area contributed by atoms with Crippen molar-refractivity contribution in [3.05, 3.63) is 40.3 Å². The number of aromatic amines is 1. The van der Waals surface area contributed by atoms with Gasteiger partial charge in [-0.3, -0.25) is 14.8 Å². The molecule has 2 aromatic rings. The van der Waals surface area contributed by atoms with Gasteiger partial charge in [0, 0.05) is 56.7 Å². The molecule has 37 heavy (non-hydrogen) atoms. The summed E-state index contributed by atoms with van der Waals surface area (Å²) < 4.78 is 5.52. The third kappa shape index (κ3) is 5.06. The molecule has 0 spiro atoms. The minimum atomic E-state index is -0.594. The minimum absolute atomic E-state index is 0.0105. The van der Waals surface area contributed by atoms with Crippen molar-refractivity contribution in [2.45, 2.75) is 64.7 Å². The standard InChI is InChI=1S/C26H36ClN7O3/c1-16-13-33(17(2)12-32(16)14-18-7-9-37-10-8-18)25(36)34-15-20-22(26(34,3)4)30-31-23(20)29-24(35)21-6-5-19(27)11-28-21/h5-6,11,16-18H,7-10,12-15H2,1-4H3,(H2,29,30,31,35)/t16-,17+/m1/s1. The predicted octanol–water partition coefficient (Wildman–Crippen LogP) is 3.70. The molecule has 0 unspecified atom stereocenters. The smallest absolute Gasteiger partial charge is 0.321 e. The Morgan fingerprint density at radius 2 is 1.95 bits per heavy atom. The van der Waals surface area contributed by atoms with Crippen LogP contribution in [0.4, 0.5) is 10.6 Å². The lowest BCUT2D eigenvalue weighted by Crippen LogP contribution is -2.62. The molecular weight excluding hydrogens is 494 g/mol. The lowest BCUT2D eigenvalue weighted by atomic mass is 9.97. The predicted molar refractivity (Wildman–Crippen MR) is 140 cm³/mol. The van der Waals surface area contributed by atoms with Crippen LogP contribution in [0.2, 0.25) is 5.02 Å². The molecule has 2 aromatic heterocycles. The number of rotatable bonds is 4. The number of H-pyrrole nitrogens is 1. The van der Waals surface area contributed by atoms with E-state index in [1.165, 1.54) is 6.20 Å². The summed E-state index contributed by atoms with van der Waals surface area (Å²) >= 11 is 5.89. The minimum Gasteiger partial charge on any atom is -0.381 e. The fourth-order valence-electron chi connectivity index (χ4n) is 5.74. The Bertz CT molecular complexity index is 1150. The fraction of sp³-hybridized carbons (Fsp3) is 0.615. The maximum absolute atomic E-state index is 13.9. The van der Waals surface area contributed by atoms with Gasteiger partial charge in [0.05, 0.1) is 22.8 Å². The number of nitrogens with one attached hydrogen (secondary N) is 2. The Labute approximate surface area is 222 Å². The number of carbonyl (C=O) groups is 2. The first-order valence-corrected chi connectivity index (χ1v) is 13.4. The molecule has 0 radical (unpaired) electrons. The number of amides is 3. The summed E-state index contributed by atoms with van der Waals surface area (Å²) in [4.78, 5) is 37.1. The SMILES string of the molecule is C[C@@H]1CN(C(=O)N2Cc3c(NC(=O)c4ccc(Cl)cn4)n[nH]c3C2(C)C)[C@@H](C)CN1CC1CCOCC1. The molecule has 3 amide bonds. The first-order valence-electron chi connectivity index (χ1n) is 13.1. The number of carbonyl (C=O) groups excluding carboxylic acids is 2. The Hall–Kier alpha value is -2.69. The topological polar surface area (TPSA) is 107 Å². The van der Waals surface area contributed by atoms with Crippen LogP contribution in [0.25, 0.3) is 0 Å². The molecule has 0 bridgehead atoms. The summed E-state index contributed by atoms with van der Waals surface area (Å²) in [5.41, 5.74) is 1.30. The van der Waals surface area contributed by atoms with E-state index in [4.69, 9.17) is 16.3 Å². The molecule has 0 saturated carbocycles. The van der Waals surface area contributed by atoms with Crippen LogP contribution in [0, 0.1) is 5.92 Å².